The third-order valence-corrected chi connectivity index (χ3v) is 3.09. The molecule has 1 aromatic carbocycles. The molecule has 3 N–H and O–H groups in total. The molecule has 5 heteroatoms. The van der Waals surface area contributed by atoms with Gasteiger partial charge in [-0.05, 0) is 25.0 Å². The summed E-state index contributed by atoms with van der Waals surface area (Å²) in [4.78, 5) is 12.0. The lowest BCUT2D eigenvalue weighted by molar-refractivity contribution is -0.121. The lowest BCUT2D eigenvalue weighted by Crippen LogP contribution is -2.50. The Bertz CT molecular complexity index is 489. The average Bonchev–Trinajstić information content (AvgIpc) is 2.38. The van der Waals surface area contributed by atoms with Gasteiger partial charge in [-0.2, -0.15) is 5.26 Å². The van der Waals surface area contributed by atoms with Crippen LogP contribution in [0.5, 0.6) is 0 Å². The van der Waals surface area contributed by atoms with Crippen molar-refractivity contribution in [3.8, 4) is 6.07 Å². The minimum Gasteiger partial charge on any atom is -0.323 e. The van der Waals surface area contributed by atoms with Crippen molar-refractivity contribution in [3.63, 3.8) is 0 Å². The van der Waals surface area contributed by atoms with E-state index in [9.17, 15) is 9.18 Å². The van der Waals surface area contributed by atoms with E-state index < -0.39 is 17.3 Å². The first-order chi connectivity index (χ1) is 8.48. The van der Waals surface area contributed by atoms with Gasteiger partial charge in [0.25, 0.3) is 0 Å². The van der Waals surface area contributed by atoms with Crippen LogP contribution in [0.4, 0.5) is 10.1 Å². The number of rotatable bonds is 4. The van der Waals surface area contributed by atoms with Gasteiger partial charge in [0.1, 0.15) is 17.4 Å². The molecule has 0 aliphatic carbocycles. The van der Waals surface area contributed by atoms with E-state index in [1.54, 1.807) is 19.9 Å². The fourth-order valence-corrected chi connectivity index (χ4v) is 1.56. The van der Waals surface area contributed by atoms with Gasteiger partial charge in [0, 0.05) is 0 Å². The van der Waals surface area contributed by atoms with E-state index >= 15 is 0 Å². The number of nitrogens with two attached hydrogens (primary N) is 1. The van der Waals surface area contributed by atoms with E-state index in [4.69, 9.17) is 11.0 Å². The number of nitrogens with one attached hydrogen (secondary N) is 1. The third-order valence-electron chi connectivity index (χ3n) is 3.09. The van der Waals surface area contributed by atoms with Gasteiger partial charge in [-0.1, -0.05) is 19.9 Å². The number of nitrogens with zero attached hydrogens (tertiary/aromatic N) is 1. The van der Waals surface area contributed by atoms with Gasteiger partial charge in [-0.3, -0.25) is 4.79 Å². The molecule has 0 saturated carbocycles. The first-order valence-corrected chi connectivity index (χ1v) is 5.77. The van der Waals surface area contributed by atoms with Crippen LogP contribution in [0.3, 0.4) is 0 Å². The van der Waals surface area contributed by atoms with Crippen molar-refractivity contribution in [1.29, 1.82) is 5.26 Å². The van der Waals surface area contributed by atoms with Crippen molar-refractivity contribution >= 4 is 11.6 Å². The Morgan fingerprint density at radius 1 is 1.50 bits per heavy atom. The largest absolute Gasteiger partial charge is 0.323 e. The highest BCUT2D eigenvalue weighted by molar-refractivity contribution is 5.98. The summed E-state index contributed by atoms with van der Waals surface area (Å²) in [6.07, 6.45) is 0.930. The number of anilines is 1. The summed E-state index contributed by atoms with van der Waals surface area (Å²) < 4.78 is 13.4. The number of amides is 1. The fraction of sp³-hybridized carbons (Fsp3) is 0.385. The Morgan fingerprint density at radius 3 is 2.61 bits per heavy atom. The van der Waals surface area contributed by atoms with Crippen molar-refractivity contribution < 1.29 is 9.18 Å². The zero-order valence-electron chi connectivity index (χ0n) is 10.5. The van der Waals surface area contributed by atoms with Gasteiger partial charge in [0.2, 0.25) is 5.91 Å². The second-order valence-corrected chi connectivity index (χ2v) is 4.09. The van der Waals surface area contributed by atoms with Crippen LogP contribution in [0.1, 0.15) is 32.3 Å². The molecule has 0 aromatic heterocycles. The smallest absolute Gasteiger partial charge is 0.244 e. The topological polar surface area (TPSA) is 78.9 Å². The van der Waals surface area contributed by atoms with Crippen LogP contribution >= 0.6 is 0 Å². The summed E-state index contributed by atoms with van der Waals surface area (Å²) in [6, 6.07) is 5.81. The second-order valence-electron chi connectivity index (χ2n) is 4.09. The number of hydrogen-bond acceptors (Lipinski definition) is 3. The third kappa shape index (κ3) is 2.66. The maximum atomic E-state index is 13.4. The maximum Gasteiger partial charge on any atom is 0.244 e. The van der Waals surface area contributed by atoms with Gasteiger partial charge in [-0.25, -0.2) is 4.39 Å². The molecule has 0 heterocycles. The van der Waals surface area contributed by atoms with Gasteiger partial charge >= 0.3 is 0 Å². The van der Waals surface area contributed by atoms with E-state index in [2.05, 4.69) is 5.32 Å². The normalized spacial score (nSPS) is 10.8. The Balaban J connectivity index is 3.03. The van der Waals surface area contributed by atoms with Crippen LogP contribution in [0.15, 0.2) is 18.2 Å². The lowest BCUT2D eigenvalue weighted by Gasteiger charge is -2.25. The van der Waals surface area contributed by atoms with Crippen molar-refractivity contribution in [1.82, 2.24) is 0 Å². The van der Waals surface area contributed by atoms with E-state index in [1.165, 1.54) is 18.2 Å². The molecule has 0 spiro atoms. The zero-order valence-corrected chi connectivity index (χ0v) is 10.5. The Hall–Kier alpha value is -1.93. The highest BCUT2D eigenvalue weighted by Gasteiger charge is 2.30. The standard InChI is InChI=1S/C13H16FN3O/c1-3-13(16,4-2)12(18)17-11-7-5-6-10(14)9(11)8-15/h5-7H,3-4,16H2,1-2H3,(H,17,18). The lowest BCUT2D eigenvalue weighted by atomic mass is 9.93. The predicted molar refractivity (Wildman–Crippen MR) is 67.2 cm³/mol. The molecule has 1 aromatic rings. The molecule has 96 valence electrons. The first-order valence-electron chi connectivity index (χ1n) is 5.77. The molecule has 0 bridgehead atoms. The molecular formula is C13H16FN3O. The summed E-state index contributed by atoms with van der Waals surface area (Å²) in [5.41, 5.74) is 4.90. The molecule has 0 unspecified atom stereocenters. The summed E-state index contributed by atoms with van der Waals surface area (Å²) in [5, 5.41) is 11.4. The van der Waals surface area contributed by atoms with Crippen molar-refractivity contribution in [2.45, 2.75) is 32.2 Å². The molecular weight excluding hydrogens is 233 g/mol. The summed E-state index contributed by atoms with van der Waals surface area (Å²) >= 11 is 0. The quantitative estimate of drug-likeness (QED) is 0.858. The fourth-order valence-electron chi connectivity index (χ4n) is 1.56. The first kappa shape index (κ1) is 14.1. The van der Waals surface area contributed by atoms with Crippen molar-refractivity contribution in [2.75, 3.05) is 5.32 Å². The monoisotopic (exact) mass is 249 g/mol. The molecule has 1 rings (SSSR count). The maximum absolute atomic E-state index is 13.4. The summed E-state index contributed by atoms with van der Waals surface area (Å²) in [5.74, 6) is -1.07. The van der Waals surface area contributed by atoms with Gasteiger partial charge in [-0.15, -0.1) is 0 Å². The molecule has 0 saturated heterocycles. The van der Waals surface area contributed by atoms with Crippen LogP contribution in [0.25, 0.3) is 0 Å². The summed E-state index contributed by atoms with van der Waals surface area (Å²) in [6.45, 7) is 3.61. The predicted octanol–water partition coefficient (Wildman–Crippen LogP) is 2.15. The van der Waals surface area contributed by atoms with Crippen LogP contribution in [-0.4, -0.2) is 11.4 Å². The average molecular weight is 249 g/mol. The number of carbonyl (C=O) groups excluding carboxylic acids is 1. The highest BCUT2D eigenvalue weighted by Crippen LogP contribution is 2.20. The zero-order chi connectivity index (χ0) is 13.8. The minimum absolute atomic E-state index is 0.152. The van der Waals surface area contributed by atoms with Crippen molar-refractivity contribution in [3.05, 3.63) is 29.6 Å². The molecule has 0 aliphatic heterocycles. The Labute approximate surface area is 106 Å². The van der Waals surface area contributed by atoms with E-state index in [1.807, 2.05) is 0 Å². The Kier molecular flexibility index (Phi) is 4.40. The molecule has 4 nitrogen and oxygen atoms in total. The number of hydrogen-bond donors (Lipinski definition) is 2. The van der Waals surface area contributed by atoms with Crippen LogP contribution in [0, 0.1) is 17.1 Å². The number of nitriles is 1. The molecule has 1 amide bonds. The number of carbonyl (C=O) groups is 1. The van der Waals surface area contributed by atoms with E-state index in [0.29, 0.717) is 12.8 Å². The molecule has 18 heavy (non-hydrogen) atoms. The van der Waals surface area contributed by atoms with Crippen LogP contribution < -0.4 is 11.1 Å². The Morgan fingerprint density at radius 2 is 2.11 bits per heavy atom. The van der Waals surface area contributed by atoms with Crippen LogP contribution in [0.2, 0.25) is 0 Å². The molecule has 0 fully saturated rings. The van der Waals surface area contributed by atoms with Crippen molar-refractivity contribution in [2.24, 2.45) is 5.73 Å². The molecule has 0 atom stereocenters. The van der Waals surface area contributed by atoms with E-state index in [-0.39, 0.29) is 11.3 Å². The summed E-state index contributed by atoms with van der Waals surface area (Å²) in [7, 11) is 0. The minimum atomic E-state index is -1.00. The van der Waals surface area contributed by atoms with Gasteiger partial charge in [0.15, 0.2) is 0 Å². The van der Waals surface area contributed by atoms with Gasteiger partial charge in [0.05, 0.1) is 11.2 Å². The number of halogens is 1. The molecule has 0 aliphatic rings. The molecule has 0 radical (unpaired) electrons. The SMILES string of the molecule is CCC(N)(CC)C(=O)Nc1cccc(F)c1C#N. The number of benzene rings is 1. The second kappa shape index (κ2) is 5.61. The van der Waals surface area contributed by atoms with Gasteiger partial charge < -0.3 is 11.1 Å². The highest BCUT2D eigenvalue weighted by atomic mass is 19.1. The van der Waals surface area contributed by atoms with E-state index in [0.717, 1.165) is 0 Å². The van der Waals surface area contributed by atoms with Crippen LogP contribution in [-0.2, 0) is 4.79 Å².